The predicted octanol–water partition coefficient (Wildman–Crippen LogP) is 5.00. The molecule has 0 heterocycles. The molecule has 2 N–H and O–H groups in total. The molecule has 162 valence electrons. The van der Waals surface area contributed by atoms with Gasteiger partial charge in [0.05, 0.1) is 10.8 Å². The van der Waals surface area contributed by atoms with E-state index in [1.165, 1.54) is 11.1 Å². The average Bonchev–Trinajstić information content (AvgIpc) is 2.77. The highest BCUT2D eigenvalue weighted by Crippen LogP contribution is 2.65. The van der Waals surface area contributed by atoms with Crippen molar-refractivity contribution in [2.45, 2.75) is 50.9 Å². The fraction of sp³-hybridized carbons (Fsp3) is 0.481. The third-order valence-electron chi connectivity index (χ3n) is 8.12. The van der Waals surface area contributed by atoms with Crippen molar-refractivity contribution >= 4 is 11.9 Å². The van der Waals surface area contributed by atoms with E-state index in [9.17, 15) is 14.7 Å². The Kier molecular flexibility index (Phi) is 5.11. The SMILES string of the molecule is O=C(O)C12CC3CC(C1)CC(C(=O)NCCC(c1ccccc1)c1ccccc1)(C3)C2. The topological polar surface area (TPSA) is 66.4 Å². The van der Waals surface area contributed by atoms with Gasteiger partial charge in [-0.1, -0.05) is 60.7 Å². The number of rotatable bonds is 7. The number of aliphatic carboxylic acids is 1. The molecule has 4 aliphatic rings. The van der Waals surface area contributed by atoms with Crippen LogP contribution in [0.5, 0.6) is 0 Å². The second-order valence-electron chi connectivity index (χ2n) is 10.2. The van der Waals surface area contributed by atoms with Gasteiger partial charge in [-0.05, 0) is 67.9 Å². The van der Waals surface area contributed by atoms with E-state index >= 15 is 0 Å². The first kappa shape index (κ1) is 20.3. The summed E-state index contributed by atoms with van der Waals surface area (Å²) in [5.41, 5.74) is 1.36. The number of hydrogen-bond donors (Lipinski definition) is 2. The summed E-state index contributed by atoms with van der Waals surface area (Å²) in [4.78, 5) is 25.5. The summed E-state index contributed by atoms with van der Waals surface area (Å²) in [6.45, 7) is 0.602. The van der Waals surface area contributed by atoms with Crippen molar-refractivity contribution < 1.29 is 14.7 Å². The molecule has 4 bridgehead atoms. The second kappa shape index (κ2) is 7.81. The van der Waals surface area contributed by atoms with E-state index in [2.05, 4.69) is 53.8 Å². The van der Waals surface area contributed by atoms with Crippen LogP contribution in [0, 0.1) is 22.7 Å². The number of benzene rings is 2. The van der Waals surface area contributed by atoms with Crippen LogP contribution < -0.4 is 5.32 Å². The van der Waals surface area contributed by atoms with E-state index in [0.29, 0.717) is 24.8 Å². The van der Waals surface area contributed by atoms with Crippen LogP contribution in [0.1, 0.15) is 62.0 Å². The first-order chi connectivity index (χ1) is 15.0. The molecule has 6 rings (SSSR count). The molecule has 31 heavy (non-hydrogen) atoms. The van der Waals surface area contributed by atoms with Gasteiger partial charge in [0.15, 0.2) is 0 Å². The van der Waals surface area contributed by atoms with E-state index in [1.807, 2.05) is 12.1 Å². The van der Waals surface area contributed by atoms with Crippen molar-refractivity contribution in [3.8, 4) is 0 Å². The Morgan fingerprint density at radius 3 is 1.90 bits per heavy atom. The Hall–Kier alpha value is -2.62. The molecule has 4 heteroatoms. The van der Waals surface area contributed by atoms with E-state index in [4.69, 9.17) is 0 Å². The quantitative estimate of drug-likeness (QED) is 0.666. The number of nitrogens with one attached hydrogen (secondary N) is 1. The van der Waals surface area contributed by atoms with Gasteiger partial charge < -0.3 is 10.4 Å². The van der Waals surface area contributed by atoms with Crippen LogP contribution in [0.3, 0.4) is 0 Å². The summed E-state index contributed by atoms with van der Waals surface area (Å²) in [5.74, 6) is 0.414. The Balaban J connectivity index is 1.29. The minimum absolute atomic E-state index is 0.0899. The van der Waals surface area contributed by atoms with E-state index in [1.54, 1.807) is 0 Å². The zero-order valence-electron chi connectivity index (χ0n) is 17.9. The summed E-state index contributed by atoms with van der Waals surface area (Å²) in [6.07, 6.45) is 5.71. The Labute approximate surface area is 184 Å². The van der Waals surface area contributed by atoms with Gasteiger partial charge in [0.2, 0.25) is 5.91 Å². The van der Waals surface area contributed by atoms with E-state index < -0.39 is 16.8 Å². The van der Waals surface area contributed by atoms with Crippen molar-refractivity contribution in [3.05, 3.63) is 71.8 Å². The molecule has 0 saturated heterocycles. The normalized spacial score (nSPS) is 31.0. The van der Waals surface area contributed by atoms with Gasteiger partial charge >= 0.3 is 5.97 Å². The van der Waals surface area contributed by atoms with Crippen molar-refractivity contribution in [1.29, 1.82) is 0 Å². The highest BCUT2D eigenvalue weighted by molar-refractivity contribution is 5.85. The maximum absolute atomic E-state index is 13.4. The fourth-order valence-electron chi connectivity index (χ4n) is 7.19. The molecular weight excluding hydrogens is 386 g/mol. The maximum Gasteiger partial charge on any atom is 0.309 e. The molecule has 2 unspecified atom stereocenters. The lowest BCUT2D eigenvalue weighted by molar-refractivity contribution is -0.179. The number of carboxylic acid groups (broad SMARTS) is 1. The van der Waals surface area contributed by atoms with Gasteiger partial charge in [0.1, 0.15) is 0 Å². The lowest BCUT2D eigenvalue weighted by Gasteiger charge is -2.59. The van der Waals surface area contributed by atoms with Crippen LogP contribution >= 0.6 is 0 Å². The summed E-state index contributed by atoms with van der Waals surface area (Å²) < 4.78 is 0. The van der Waals surface area contributed by atoms with Gasteiger partial charge in [0, 0.05) is 12.5 Å². The molecule has 0 aliphatic heterocycles. The first-order valence-corrected chi connectivity index (χ1v) is 11.6. The molecule has 0 spiro atoms. The standard InChI is InChI=1S/C27H31NO3/c29-24(26-14-19-13-20(15-26)17-27(16-19,18-26)25(30)31)28-12-11-23(21-7-3-1-4-8-21)22-9-5-2-6-10-22/h1-10,19-20,23H,11-18H2,(H,28,29)(H,30,31). The summed E-state index contributed by atoms with van der Waals surface area (Å²) in [5, 5.41) is 13.2. The van der Waals surface area contributed by atoms with Crippen LogP contribution in [0.2, 0.25) is 0 Å². The molecule has 2 aromatic carbocycles. The Morgan fingerprint density at radius 2 is 1.39 bits per heavy atom. The number of hydrogen-bond acceptors (Lipinski definition) is 2. The molecule has 4 saturated carbocycles. The minimum atomic E-state index is -0.688. The zero-order chi connectivity index (χ0) is 21.5. The molecule has 0 aromatic heterocycles. The number of carbonyl (C=O) groups excluding carboxylic acids is 1. The molecule has 4 aliphatic carbocycles. The van der Waals surface area contributed by atoms with Gasteiger partial charge in [-0.3, -0.25) is 9.59 Å². The molecule has 2 aromatic rings. The van der Waals surface area contributed by atoms with Gasteiger partial charge in [-0.25, -0.2) is 0 Å². The van der Waals surface area contributed by atoms with Crippen LogP contribution in [-0.2, 0) is 9.59 Å². The van der Waals surface area contributed by atoms with E-state index in [-0.39, 0.29) is 11.8 Å². The van der Waals surface area contributed by atoms with Crippen LogP contribution in [0.15, 0.2) is 60.7 Å². The molecule has 1 amide bonds. The van der Waals surface area contributed by atoms with Crippen LogP contribution in [-0.4, -0.2) is 23.5 Å². The van der Waals surface area contributed by atoms with Crippen LogP contribution in [0.25, 0.3) is 0 Å². The molecule has 0 radical (unpaired) electrons. The molecular formula is C27H31NO3. The van der Waals surface area contributed by atoms with Crippen molar-refractivity contribution in [1.82, 2.24) is 5.32 Å². The molecule has 4 fully saturated rings. The third-order valence-corrected chi connectivity index (χ3v) is 8.12. The second-order valence-corrected chi connectivity index (χ2v) is 10.2. The summed E-state index contributed by atoms with van der Waals surface area (Å²) in [6, 6.07) is 20.9. The molecule has 2 atom stereocenters. The van der Waals surface area contributed by atoms with Gasteiger partial charge in [-0.15, -0.1) is 0 Å². The van der Waals surface area contributed by atoms with Crippen LogP contribution in [0.4, 0.5) is 0 Å². The summed E-state index contributed by atoms with van der Waals surface area (Å²) >= 11 is 0. The average molecular weight is 418 g/mol. The maximum atomic E-state index is 13.4. The van der Waals surface area contributed by atoms with Crippen molar-refractivity contribution in [2.75, 3.05) is 6.54 Å². The fourth-order valence-corrected chi connectivity index (χ4v) is 7.19. The number of carbonyl (C=O) groups is 2. The largest absolute Gasteiger partial charge is 0.481 e. The molecule has 4 nitrogen and oxygen atoms in total. The number of carboxylic acids is 1. The van der Waals surface area contributed by atoms with Crippen molar-refractivity contribution in [3.63, 3.8) is 0 Å². The van der Waals surface area contributed by atoms with E-state index in [0.717, 1.165) is 38.5 Å². The monoisotopic (exact) mass is 417 g/mol. The number of amides is 1. The summed E-state index contributed by atoms with van der Waals surface area (Å²) in [7, 11) is 0. The Morgan fingerprint density at radius 1 is 0.871 bits per heavy atom. The Bertz CT molecular complexity index is 901. The van der Waals surface area contributed by atoms with Gasteiger partial charge in [0.25, 0.3) is 0 Å². The smallest absolute Gasteiger partial charge is 0.309 e. The lowest BCUT2D eigenvalue weighted by Crippen LogP contribution is -2.59. The third kappa shape index (κ3) is 3.66. The highest BCUT2D eigenvalue weighted by Gasteiger charge is 2.63. The van der Waals surface area contributed by atoms with Gasteiger partial charge in [-0.2, -0.15) is 0 Å². The zero-order valence-corrected chi connectivity index (χ0v) is 17.9. The minimum Gasteiger partial charge on any atom is -0.481 e. The first-order valence-electron chi connectivity index (χ1n) is 11.6. The predicted molar refractivity (Wildman–Crippen MR) is 120 cm³/mol. The van der Waals surface area contributed by atoms with Crippen molar-refractivity contribution in [2.24, 2.45) is 22.7 Å². The highest BCUT2D eigenvalue weighted by atomic mass is 16.4. The lowest BCUT2D eigenvalue weighted by atomic mass is 9.44.